The summed E-state index contributed by atoms with van der Waals surface area (Å²) in [5, 5.41) is 13.2. The Morgan fingerprint density at radius 2 is 1.85 bits per heavy atom. The molecule has 4 nitrogen and oxygen atoms in total. The number of nitrogens with one attached hydrogen (secondary N) is 1. The van der Waals surface area contributed by atoms with E-state index < -0.39 is 6.10 Å². The molecule has 0 amide bonds. The van der Waals surface area contributed by atoms with Crippen LogP contribution >= 0.6 is 0 Å². The highest BCUT2D eigenvalue weighted by Crippen LogP contribution is 2.34. The van der Waals surface area contributed by atoms with Crippen molar-refractivity contribution >= 4 is 5.69 Å². The highest BCUT2D eigenvalue weighted by atomic mass is 19.1. The van der Waals surface area contributed by atoms with Crippen LogP contribution in [-0.4, -0.2) is 18.4 Å². The second-order valence-electron chi connectivity index (χ2n) is 4.52. The second kappa shape index (κ2) is 5.38. The number of ether oxygens (including phenoxy) is 2. The summed E-state index contributed by atoms with van der Waals surface area (Å²) in [5.74, 6) is 1.04. The molecule has 2 aromatic rings. The molecule has 0 aromatic heterocycles. The zero-order valence-electron chi connectivity index (χ0n) is 10.7. The highest BCUT2D eigenvalue weighted by Gasteiger charge is 2.16. The molecule has 0 radical (unpaired) electrons. The predicted molar refractivity (Wildman–Crippen MR) is 72.4 cm³/mol. The van der Waals surface area contributed by atoms with Crippen molar-refractivity contribution in [2.24, 2.45) is 0 Å². The lowest BCUT2D eigenvalue weighted by Crippen LogP contribution is -2.12. The van der Waals surface area contributed by atoms with E-state index in [4.69, 9.17) is 9.47 Å². The second-order valence-corrected chi connectivity index (χ2v) is 4.52. The number of hydrogen-bond donors (Lipinski definition) is 2. The third-order valence-electron chi connectivity index (χ3n) is 3.13. The van der Waals surface area contributed by atoms with Crippen molar-refractivity contribution in [1.29, 1.82) is 0 Å². The van der Waals surface area contributed by atoms with Crippen LogP contribution in [0.1, 0.15) is 11.7 Å². The van der Waals surface area contributed by atoms with E-state index in [1.807, 2.05) is 0 Å². The van der Waals surface area contributed by atoms with Gasteiger partial charge in [0.05, 0.1) is 6.10 Å². The number of halogens is 1. The SMILES string of the molecule is OC(CNc1ccc(F)cc1)c1ccc2c(c1)OCO2. The standard InChI is InChI=1S/C15H14FNO3/c16-11-2-4-12(5-3-11)17-8-13(18)10-1-6-14-15(7-10)20-9-19-14/h1-7,13,17-18H,8-9H2. The summed E-state index contributed by atoms with van der Waals surface area (Å²) in [6.07, 6.45) is -0.686. The average Bonchev–Trinajstić information content (AvgIpc) is 2.93. The lowest BCUT2D eigenvalue weighted by atomic mass is 10.1. The molecule has 0 aliphatic carbocycles. The van der Waals surface area contributed by atoms with Gasteiger partial charge in [0.15, 0.2) is 11.5 Å². The quantitative estimate of drug-likeness (QED) is 0.900. The fourth-order valence-corrected chi connectivity index (χ4v) is 2.02. The van der Waals surface area contributed by atoms with Crippen LogP contribution in [0.15, 0.2) is 42.5 Å². The van der Waals surface area contributed by atoms with E-state index >= 15 is 0 Å². The van der Waals surface area contributed by atoms with Gasteiger partial charge in [-0.25, -0.2) is 4.39 Å². The van der Waals surface area contributed by atoms with Gasteiger partial charge in [-0.05, 0) is 42.0 Å². The normalized spacial score (nSPS) is 14.1. The first-order valence-electron chi connectivity index (χ1n) is 6.29. The largest absolute Gasteiger partial charge is 0.454 e. The fourth-order valence-electron chi connectivity index (χ4n) is 2.02. The molecule has 0 spiro atoms. The summed E-state index contributed by atoms with van der Waals surface area (Å²) >= 11 is 0. The summed E-state index contributed by atoms with van der Waals surface area (Å²) in [5.41, 5.74) is 1.50. The molecule has 2 N–H and O–H groups in total. The Balaban J connectivity index is 1.64. The van der Waals surface area contributed by atoms with E-state index in [9.17, 15) is 9.50 Å². The minimum absolute atomic E-state index is 0.211. The van der Waals surface area contributed by atoms with Gasteiger partial charge < -0.3 is 19.9 Å². The fraction of sp³-hybridized carbons (Fsp3) is 0.200. The van der Waals surface area contributed by atoms with Gasteiger partial charge >= 0.3 is 0 Å². The summed E-state index contributed by atoms with van der Waals surface area (Å²) in [6, 6.07) is 11.3. The maximum absolute atomic E-state index is 12.8. The van der Waals surface area contributed by atoms with Crippen LogP contribution in [0.3, 0.4) is 0 Å². The van der Waals surface area contributed by atoms with Crippen LogP contribution in [0.25, 0.3) is 0 Å². The van der Waals surface area contributed by atoms with E-state index in [-0.39, 0.29) is 12.6 Å². The lowest BCUT2D eigenvalue weighted by Gasteiger charge is -2.13. The number of rotatable bonds is 4. The van der Waals surface area contributed by atoms with Crippen molar-refractivity contribution in [1.82, 2.24) is 0 Å². The summed E-state index contributed by atoms with van der Waals surface area (Å²) < 4.78 is 23.3. The third kappa shape index (κ3) is 2.67. The lowest BCUT2D eigenvalue weighted by molar-refractivity contribution is 0.173. The molecule has 20 heavy (non-hydrogen) atoms. The van der Waals surface area contributed by atoms with Crippen molar-refractivity contribution in [3.05, 3.63) is 53.8 Å². The molecule has 104 valence electrons. The highest BCUT2D eigenvalue weighted by molar-refractivity contribution is 5.46. The first-order valence-corrected chi connectivity index (χ1v) is 6.29. The Bertz CT molecular complexity index is 601. The Morgan fingerprint density at radius 1 is 1.10 bits per heavy atom. The van der Waals surface area contributed by atoms with Gasteiger partial charge in [-0.3, -0.25) is 0 Å². The van der Waals surface area contributed by atoms with E-state index in [0.717, 1.165) is 11.3 Å². The van der Waals surface area contributed by atoms with Gasteiger partial charge in [0, 0.05) is 12.2 Å². The predicted octanol–water partition coefficient (Wildman–Crippen LogP) is 2.70. The van der Waals surface area contributed by atoms with E-state index in [1.54, 1.807) is 30.3 Å². The average molecular weight is 275 g/mol. The molecular formula is C15H14FNO3. The van der Waals surface area contributed by atoms with Crippen LogP contribution in [0.4, 0.5) is 10.1 Å². The van der Waals surface area contributed by atoms with Gasteiger partial charge in [-0.15, -0.1) is 0 Å². The molecular weight excluding hydrogens is 261 g/mol. The first-order chi connectivity index (χ1) is 9.72. The Labute approximate surface area is 115 Å². The zero-order valence-corrected chi connectivity index (χ0v) is 10.7. The number of anilines is 1. The molecule has 0 saturated heterocycles. The summed E-state index contributed by atoms with van der Waals surface area (Å²) in [6.45, 7) is 0.536. The molecule has 1 aliphatic heterocycles. The monoisotopic (exact) mass is 275 g/mol. The molecule has 3 rings (SSSR count). The molecule has 2 aromatic carbocycles. The Kier molecular flexibility index (Phi) is 3.43. The zero-order chi connectivity index (χ0) is 13.9. The van der Waals surface area contributed by atoms with Crippen molar-refractivity contribution in [2.75, 3.05) is 18.7 Å². The molecule has 1 heterocycles. The number of aliphatic hydroxyl groups excluding tert-OH is 1. The third-order valence-corrected chi connectivity index (χ3v) is 3.13. The minimum Gasteiger partial charge on any atom is -0.454 e. The first kappa shape index (κ1) is 12.7. The van der Waals surface area contributed by atoms with Crippen LogP contribution in [0.5, 0.6) is 11.5 Å². The van der Waals surface area contributed by atoms with Crippen molar-refractivity contribution in [3.8, 4) is 11.5 Å². The topological polar surface area (TPSA) is 50.7 Å². The molecule has 0 bridgehead atoms. The maximum Gasteiger partial charge on any atom is 0.231 e. The summed E-state index contributed by atoms with van der Waals surface area (Å²) in [7, 11) is 0. The number of benzene rings is 2. The molecule has 1 aliphatic rings. The number of aliphatic hydroxyl groups is 1. The summed E-state index contributed by atoms with van der Waals surface area (Å²) in [4.78, 5) is 0. The van der Waals surface area contributed by atoms with Crippen molar-refractivity contribution in [2.45, 2.75) is 6.10 Å². The molecule has 0 saturated carbocycles. The molecule has 5 heteroatoms. The van der Waals surface area contributed by atoms with Crippen LogP contribution in [0.2, 0.25) is 0 Å². The van der Waals surface area contributed by atoms with Crippen molar-refractivity contribution < 1.29 is 19.0 Å². The van der Waals surface area contributed by atoms with Gasteiger partial charge in [-0.1, -0.05) is 6.07 Å². The minimum atomic E-state index is -0.686. The smallest absolute Gasteiger partial charge is 0.231 e. The van der Waals surface area contributed by atoms with Crippen LogP contribution < -0.4 is 14.8 Å². The van der Waals surface area contributed by atoms with Crippen molar-refractivity contribution in [3.63, 3.8) is 0 Å². The van der Waals surface area contributed by atoms with Gasteiger partial charge in [0.1, 0.15) is 5.82 Å². The van der Waals surface area contributed by atoms with Gasteiger partial charge in [0.25, 0.3) is 0 Å². The number of hydrogen-bond acceptors (Lipinski definition) is 4. The molecule has 0 fully saturated rings. The Hall–Kier alpha value is -2.27. The molecule has 1 unspecified atom stereocenters. The van der Waals surface area contributed by atoms with E-state index in [2.05, 4.69) is 5.32 Å². The van der Waals surface area contributed by atoms with Gasteiger partial charge in [-0.2, -0.15) is 0 Å². The van der Waals surface area contributed by atoms with E-state index in [0.29, 0.717) is 18.0 Å². The number of fused-ring (bicyclic) bond motifs is 1. The molecule has 1 atom stereocenters. The maximum atomic E-state index is 12.8. The van der Waals surface area contributed by atoms with Gasteiger partial charge in [0.2, 0.25) is 6.79 Å². The van der Waals surface area contributed by atoms with Crippen LogP contribution in [-0.2, 0) is 0 Å². The Morgan fingerprint density at radius 3 is 2.65 bits per heavy atom. The van der Waals surface area contributed by atoms with E-state index in [1.165, 1.54) is 12.1 Å². The van der Waals surface area contributed by atoms with Crippen LogP contribution in [0, 0.1) is 5.82 Å².